The van der Waals surface area contributed by atoms with Gasteiger partial charge in [-0.2, -0.15) is 0 Å². The molecule has 1 amide bonds. The van der Waals surface area contributed by atoms with E-state index in [4.69, 9.17) is 0 Å². The Morgan fingerprint density at radius 1 is 1.38 bits per heavy atom. The molecule has 1 N–H and O–H groups in total. The number of aromatic nitrogens is 6. The first-order valence-electron chi connectivity index (χ1n) is 7.86. The van der Waals surface area contributed by atoms with Gasteiger partial charge in [0.1, 0.15) is 12.2 Å². The third-order valence-electron chi connectivity index (χ3n) is 4.17. The average molecular weight is 323 g/mol. The van der Waals surface area contributed by atoms with Gasteiger partial charge in [0.05, 0.1) is 11.4 Å². The quantitative estimate of drug-likeness (QED) is 0.774. The first kappa shape index (κ1) is 14.6. The molecule has 8 heteroatoms. The number of amides is 1. The van der Waals surface area contributed by atoms with Crippen LogP contribution in [0.3, 0.4) is 0 Å². The first-order chi connectivity index (χ1) is 11.7. The number of fused-ring (bicyclic) bond motifs is 1. The molecule has 4 rings (SSSR count). The van der Waals surface area contributed by atoms with E-state index in [9.17, 15) is 4.79 Å². The molecular weight excluding hydrogens is 306 g/mol. The van der Waals surface area contributed by atoms with Crippen molar-refractivity contribution in [3.05, 3.63) is 53.9 Å². The van der Waals surface area contributed by atoms with Crippen molar-refractivity contribution in [1.29, 1.82) is 0 Å². The zero-order valence-electron chi connectivity index (χ0n) is 13.3. The van der Waals surface area contributed by atoms with Crippen LogP contribution >= 0.6 is 0 Å². The van der Waals surface area contributed by atoms with Crippen molar-refractivity contribution < 1.29 is 4.79 Å². The highest BCUT2D eigenvalue weighted by molar-refractivity contribution is 5.94. The van der Waals surface area contributed by atoms with Crippen LogP contribution in [0.25, 0.3) is 5.69 Å². The number of hydrogen-bond acceptors (Lipinski definition) is 5. The van der Waals surface area contributed by atoms with Crippen LogP contribution in [-0.4, -0.2) is 41.7 Å². The average Bonchev–Trinajstić information content (AvgIpc) is 3.23. The Morgan fingerprint density at radius 3 is 3.12 bits per heavy atom. The molecule has 1 atom stereocenters. The summed E-state index contributed by atoms with van der Waals surface area (Å²) < 4.78 is 3.65. The highest BCUT2D eigenvalue weighted by Crippen LogP contribution is 2.16. The van der Waals surface area contributed by atoms with Gasteiger partial charge in [0.15, 0.2) is 0 Å². The minimum atomic E-state index is -0.0878. The third-order valence-corrected chi connectivity index (χ3v) is 4.17. The molecule has 3 aromatic rings. The maximum Gasteiger partial charge on any atom is 0.251 e. The summed E-state index contributed by atoms with van der Waals surface area (Å²) in [6.45, 7) is 2.75. The number of carbonyl (C=O) groups is 1. The second-order valence-corrected chi connectivity index (χ2v) is 5.96. The van der Waals surface area contributed by atoms with Crippen LogP contribution in [-0.2, 0) is 13.0 Å². The fraction of sp³-hybridized carbons (Fsp3) is 0.312. The van der Waals surface area contributed by atoms with Crippen molar-refractivity contribution >= 4 is 5.91 Å². The van der Waals surface area contributed by atoms with Crippen molar-refractivity contribution in [2.75, 3.05) is 0 Å². The van der Waals surface area contributed by atoms with Gasteiger partial charge in [-0.25, -0.2) is 9.67 Å². The maximum atomic E-state index is 12.6. The number of hydrogen-bond donors (Lipinski definition) is 1. The number of rotatable bonds is 3. The van der Waals surface area contributed by atoms with E-state index in [-0.39, 0.29) is 11.9 Å². The van der Waals surface area contributed by atoms with Crippen molar-refractivity contribution in [2.45, 2.75) is 32.4 Å². The van der Waals surface area contributed by atoms with Crippen LogP contribution in [0, 0.1) is 6.92 Å². The Hall–Kier alpha value is -3.03. The molecule has 1 aliphatic heterocycles. The zero-order valence-corrected chi connectivity index (χ0v) is 13.3. The molecular formula is C16H17N7O. The van der Waals surface area contributed by atoms with E-state index in [0.29, 0.717) is 5.56 Å². The molecule has 0 unspecified atom stereocenters. The second-order valence-electron chi connectivity index (χ2n) is 5.96. The molecule has 1 aliphatic rings. The summed E-state index contributed by atoms with van der Waals surface area (Å²) in [5.41, 5.74) is 2.37. The predicted octanol–water partition coefficient (Wildman–Crippen LogP) is 0.912. The molecule has 8 nitrogen and oxygen atoms in total. The second kappa shape index (κ2) is 5.88. The lowest BCUT2D eigenvalue weighted by Crippen LogP contribution is -2.40. The Kier molecular flexibility index (Phi) is 3.56. The minimum Gasteiger partial charge on any atom is -0.347 e. The van der Waals surface area contributed by atoms with Crippen LogP contribution in [0.15, 0.2) is 36.8 Å². The lowest BCUT2D eigenvalue weighted by atomic mass is 10.1. The molecule has 2 aromatic heterocycles. The molecule has 0 aliphatic carbocycles. The Labute approximate surface area is 138 Å². The smallest absolute Gasteiger partial charge is 0.251 e. The summed E-state index contributed by atoms with van der Waals surface area (Å²) in [6.07, 6.45) is 5.31. The monoisotopic (exact) mass is 323 g/mol. The topological polar surface area (TPSA) is 90.5 Å². The molecule has 24 heavy (non-hydrogen) atoms. The van der Waals surface area contributed by atoms with Gasteiger partial charge >= 0.3 is 0 Å². The van der Waals surface area contributed by atoms with Gasteiger partial charge in [0.25, 0.3) is 5.91 Å². The van der Waals surface area contributed by atoms with Crippen molar-refractivity contribution in [3.8, 4) is 5.69 Å². The highest BCUT2D eigenvalue weighted by atomic mass is 16.1. The van der Waals surface area contributed by atoms with E-state index in [0.717, 1.165) is 36.6 Å². The Balaban J connectivity index is 1.48. The molecule has 3 heterocycles. The summed E-state index contributed by atoms with van der Waals surface area (Å²) in [6, 6.07) is 7.36. The predicted molar refractivity (Wildman–Crippen MR) is 85.7 cm³/mol. The summed E-state index contributed by atoms with van der Waals surface area (Å²) in [5.74, 6) is 1.01. The molecule has 0 saturated heterocycles. The fourth-order valence-electron chi connectivity index (χ4n) is 3.04. The molecule has 0 bridgehead atoms. The molecule has 1 aromatic carbocycles. The highest BCUT2D eigenvalue weighted by Gasteiger charge is 2.21. The van der Waals surface area contributed by atoms with Crippen molar-refractivity contribution in [3.63, 3.8) is 0 Å². The fourth-order valence-corrected chi connectivity index (χ4v) is 3.04. The van der Waals surface area contributed by atoms with E-state index < -0.39 is 0 Å². The van der Waals surface area contributed by atoms with Crippen LogP contribution < -0.4 is 5.32 Å². The first-order valence-corrected chi connectivity index (χ1v) is 7.86. The van der Waals surface area contributed by atoms with Gasteiger partial charge in [-0.3, -0.25) is 4.79 Å². The SMILES string of the molecule is Cc1cn2c(n1)CC[C@H](NC(=O)c1cccc(-n3cnnn3)c1)C2. The molecule has 0 radical (unpaired) electrons. The van der Waals surface area contributed by atoms with E-state index in [1.54, 1.807) is 12.1 Å². The van der Waals surface area contributed by atoms with Crippen LogP contribution in [0.5, 0.6) is 0 Å². The van der Waals surface area contributed by atoms with Gasteiger partial charge in [-0.15, -0.1) is 5.10 Å². The van der Waals surface area contributed by atoms with Gasteiger partial charge in [0, 0.05) is 30.8 Å². The van der Waals surface area contributed by atoms with Crippen molar-refractivity contribution in [2.24, 2.45) is 0 Å². The Bertz CT molecular complexity index is 868. The van der Waals surface area contributed by atoms with Crippen molar-refractivity contribution in [1.82, 2.24) is 35.1 Å². The van der Waals surface area contributed by atoms with E-state index >= 15 is 0 Å². The summed E-state index contributed by atoms with van der Waals surface area (Å²) in [7, 11) is 0. The lowest BCUT2D eigenvalue weighted by molar-refractivity contribution is 0.0927. The molecule has 122 valence electrons. The standard InChI is InChI=1S/C16H17N7O/c1-11-8-22-9-13(5-6-15(22)18-11)19-16(24)12-3-2-4-14(7-12)23-10-17-20-21-23/h2-4,7-8,10,13H,5-6,9H2,1H3,(H,19,24)/t13-/m0/s1. The zero-order chi connectivity index (χ0) is 16.5. The van der Waals surface area contributed by atoms with Gasteiger partial charge in [0.2, 0.25) is 0 Å². The number of aryl methyl sites for hydroxylation is 2. The maximum absolute atomic E-state index is 12.6. The molecule has 0 saturated carbocycles. The lowest BCUT2D eigenvalue weighted by Gasteiger charge is -2.24. The van der Waals surface area contributed by atoms with Crippen LogP contribution in [0.1, 0.15) is 28.3 Å². The van der Waals surface area contributed by atoms with Crippen LogP contribution in [0.2, 0.25) is 0 Å². The number of nitrogens with one attached hydrogen (secondary N) is 1. The van der Waals surface area contributed by atoms with E-state index in [1.807, 2.05) is 25.3 Å². The normalized spacial score (nSPS) is 16.6. The van der Waals surface area contributed by atoms with Gasteiger partial charge < -0.3 is 9.88 Å². The number of nitrogens with zero attached hydrogens (tertiary/aromatic N) is 6. The third kappa shape index (κ3) is 2.78. The summed E-state index contributed by atoms with van der Waals surface area (Å²) in [4.78, 5) is 17.0. The van der Waals surface area contributed by atoms with Gasteiger partial charge in [-0.05, 0) is 42.0 Å². The van der Waals surface area contributed by atoms with Gasteiger partial charge in [-0.1, -0.05) is 6.07 Å². The minimum absolute atomic E-state index is 0.0878. The number of benzene rings is 1. The molecule has 0 fully saturated rings. The van der Waals surface area contributed by atoms with E-state index in [1.165, 1.54) is 11.0 Å². The largest absolute Gasteiger partial charge is 0.347 e. The number of imidazole rings is 1. The summed E-state index contributed by atoms with van der Waals surface area (Å²) >= 11 is 0. The molecule has 0 spiro atoms. The summed E-state index contributed by atoms with van der Waals surface area (Å²) in [5, 5.41) is 14.2. The Morgan fingerprint density at radius 2 is 2.29 bits per heavy atom. The van der Waals surface area contributed by atoms with E-state index in [2.05, 4.69) is 30.4 Å². The number of tetrazole rings is 1. The number of carbonyl (C=O) groups excluding carboxylic acids is 1. The van der Waals surface area contributed by atoms with Crippen LogP contribution in [0.4, 0.5) is 0 Å².